The van der Waals surface area contributed by atoms with Gasteiger partial charge in [0, 0.05) is 5.57 Å². The van der Waals surface area contributed by atoms with Crippen molar-refractivity contribution in [2.24, 2.45) is 29.6 Å². The molecule has 2 heteroatoms. The summed E-state index contributed by atoms with van der Waals surface area (Å²) in [6.07, 6.45) is 9.71. The molecule has 1 N–H and O–H groups in total. The Hall–Kier alpha value is -0.790. The summed E-state index contributed by atoms with van der Waals surface area (Å²) in [7, 11) is 0. The zero-order chi connectivity index (χ0) is 12.0. The summed E-state index contributed by atoms with van der Waals surface area (Å²) in [5.41, 5.74) is 0.641. The van der Waals surface area contributed by atoms with E-state index in [1.165, 1.54) is 32.1 Å². The molecule has 0 aromatic carbocycles. The van der Waals surface area contributed by atoms with E-state index in [-0.39, 0.29) is 0 Å². The lowest BCUT2D eigenvalue weighted by molar-refractivity contribution is -0.132. The molecule has 0 aromatic heterocycles. The molecule has 4 aliphatic carbocycles. The summed E-state index contributed by atoms with van der Waals surface area (Å²) >= 11 is 0. The maximum atomic E-state index is 11.1. The zero-order valence-corrected chi connectivity index (χ0v) is 10.6. The number of rotatable bonds is 3. The molecule has 0 heterocycles. The summed E-state index contributed by atoms with van der Waals surface area (Å²) in [6, 6.07) is 0. The van der Waals surface area contributed by atoms with Gasteiger partial charge in [-0.05, 0) is 68.1 Å². The Morgan fingerprint density at radius 3 is 2.06 bits per heavy atom. The van der Waals surface area contributed by atoms with E-state index >= 15 is 0 Å². The minimum atomic E-state index is -0.707. The number of hydrogen-bond donors (Lipinski definition) is 1. The molecular weight excluding hydrogens is 212 g/mol. The van der Waals surface area contributed by atoms with Crippen molar-refractivity contribution in [1.29, 1.82) is 0 Å². The van der Waals surface area contributed by atoms with Gasteiger partial charge in [0.25, 0.3) is 0 Å². The number of aliphatic carboxylic acids is 1. The van der Waals surface area contributed by atoms with Crippen molar-refractivity contribution in [2.75, 3.05) is 0 Å². The molecule has 4 fully saturated rings. The van der Waals surface area contributed by atoms with Crippen LogP contribution in [0.1, 0.15) is 45.4 Å². The molecule has 0 unspecified atom stereocenters. The fourth-order valence-corrected chi connectivity index (χ4v) is 4.81. The third-order valence-corrected chi connectivity index (χ3v) is 5.35. The van der Waals surface area contributed by atoms with E-state index in [4.69, 9.17) is 5.11 Å². The Morgan fingerprint density at radius 2 is 1.65 bits per heavy atom. The maximum Gasteiger partial charge on any atom is 0.331 e. The summed E-state index contributed by atoms with van der Waals surface area (Å²) in [6.45, 7) is 1.95. The van der Waals surface area contributed by atoms with Crippen molar-refractivity contribution in [3.63, 3.8) is 0 Å². The molecule has 0 radical (unpaired) electrons. The normalized spacial score (nSPS) is 44.1. The highest BCUT2D eigenvalue weighted by molar-refractivity contribution is 5.86. The lowest BCUT2D eigenvalue weighted by Crippen LogP contribution is -2.44. The lowest BCUT2D eigenvalue weighted by atomic mass is 9.52. The first kappa shape index (κ1) is 11.3. The average molecular weight is 234 g/mol. The van der Waals surface area contributed by atoms with Gasteiger partial charge in [-0.3, -0.25) is 0 Å². The van der Waals surface area contributed by atoms with Crippen LogP contribution in [0.2, 0.25) is 0 Å². The van der Waals surface area contributed by atoms with Crippen LogP contribution in [-0.2, 0) is 4.79 Å². The highest BCUT2D eigenvalue weighted by atomic mass is 16.4. The van der Waals surface area contributed by atoms with Crippen LogP contribution in [0.4, 0.5) is 0 Å². The first-order chi connectivity index (χ1) is 8.17. The molecule has 0 aromatic rings. The first-order valence-electron chi connectivity index (χ1n) is 7.11. The van der Waals surface area contributed by atoms with Crippen LogP contribution < -0.4 is 0 Å². The summed E-state index contributed by atoms with van der Waals surface area (Å²) < 4.78 is 0. The van der Waals surface area contributed by atoms with Gasteiger partial charge in [-0.1, -0.05) is 13.0 Å². The van der Waals surface area contributed by atoms with Crippen LogP contribution in [-0.4, -0.2) is 11.1 Å². The number of carbonyl (C=O) groups is 1. The third kappa shape index (κ3) is 1.92. The Labute approximate surface area is 103 Å². The Bertz CT molecular complexity index is 328. The van der Waals surface area contributed by atoms with Gasteiger partial charge in [-0.2, -0.15) is 0 Å². The fourth-order valence-electron chi connectivity index (χ4n) is 4.81. The van der Waals surface area contributed by atoms with Crippen LogP contribution in [0, 0.1) is 29.6 Å². The lowest BCUT2D eigenvalue weighted by Gasteiger charge is -2.53. The molecule has 0 spiro atoms. The standard InChI is InChI=1S/C15H22O2/c1-2-11(15(16)17)8-14-12-4-9-3-10(6-12)7-13(14)5-9/h8-10,12-14H,2-7H2,1H3,(H,16,17)/b11-8+. The largest absolute Gasteiger partial charge is 0.478 e. The molecule has 0 aliphatic heterocycles. The number of carboxylic acid groups (broad SMARTS) is 1. The van der Waals surface area contributed by atoms with Gasteiger partial charge in [-0.15, -0.1) is 0 Å². The van der Waals surface area contributed by atoms with Crippen LogP contribution in [0.3, 0.4) is 0 Å². The molecule has 4 saturated carbocycles. The molecular formula is C15H22O2. The van der Waals surface area contributed by atoms with Crippen molar-refractivity contribution in [3.05, 3.63) is 11.6 Å². The van der Waals surface area contributed by atoms with Crippen LogP contribution in [0.15, 0.2) is 11.6 Å². The van der Waals surface area contributed by atoms with E-state index in [1.54, 1.807) is 0 Å². The fraction of sp³-hybridized carbons (Fsp3) is 0.800. The highest BCUT2D eigenvalue weighted by Gasteiger charge is 2.47. The van der Waals surface area contributed by atoms with Gasteiger partial charge >= 0.3 is 5.97 Å². The van der Waals surface area contributed by atoms with Gasteiger partial charge in [0.15, 0.2) is 0 Å². The van der Waals surface area contributed by atoms with Crippen molar-refractivity contribution in [2.45, 2.75) is 45.4 Å². The second-order valence-corrected chi connectivity index (χ2v) is 6.36. The second kappa shape index (κ2) is 4.15. The van der Waals surface area contributed by atoms with Gasteiger partial charge in [0.1, 0.15) is 0 Å². The zero-order valence-electron chi connectivity index (χ0n) is 10.6. The van der Waals surface area contributed by atoms with E-state index < -0.39 is 5.97 Å². The van der Waals surface area contributed by atoms with E-state index in [0.717, 1.165) is 23.7 Å². The number of carboxylic acids is 1. The molecule has 2 nitrogen and oxygen atoms in total. The Balaban J connectivity index is 1.82. The number of allylic oxidation sites excluding steroid dienone is 1. The molecule has 0 amide bonds. The van der Waals surface area contributed by atoms with Crippen molar-refractivity contribution in [3.8, 4) is 0 Å². The monoisotopic (exact) mass is 234 g/mol. The third-order valence-electron chi connectivity index (χ3n) is 5.35. The second-order valence-electron chi connectivity index (χ2n) is 6.36. The van der Waals surface area contributed by atoms with Crippen molar-refractivity contribution >= 4 is 5.97 Å². The van der Waals surface area contributed by atoms with E-state index in [9.17, 15) is 4.79 Å². The molecule has 17 heavy (non-hydrogen) atoms. The predicted molar refractivity (Wildman–Crippen MR) is 66.5 cm³/mol. The van der Waals surface area contributed by atoms with Gasteiger partial charge < -0.3 is 5.11 Å². The van der Waals surface area contributed by atoms with E-state index in [0.29, 0.717) is 17.9 Å². The summed E-state index contributed by atoms with van der Waals surface area (Å²) in [4.78, 5) is 11.1. The molecule has 0 saturated heterocycles. The SMILES string of the molecule is CC/C(=C\C1C2CC3CC(C2)CC1C3)C(=O)O. The van der Waals surface area contributed by atoms with Crippen molar-refractivity contribution in [1.82, 2.24) is 0 Å². The quantitative estimate of drug-likeness (QED) is 0.759. The molecule has 0 atom stereocenters. The molecule has 4 bridgehead atoms. The van der Waals surface area contributed by atoms with Crippen LogP contribution >= 0.6 is 0 Å². The van der Waals surface area contributed by atoms with Crippen LogP contribution in [0.5, 0.6) is 0 Å². The van der Waals surface area contributed by atoms with Gasteiger partial charge in [0.2, 0.25) is 0 Å². The molecule has 4 rings (SSSR count). The van der Waals surface area contributed by atoms with Gasteiger partial charge in [0.05, 0.1) is 0 Å². The summed E-state index contributed by atoms with van der Waals surface area (Å²) in [5.74, 6) is 3.41. The minimum absolute atomic E-state index is 0.578. The molecule has 94 valence electrons. The Kier molecular flexibility index (Phi) is 2.76. The Morgan fingerprint density at radius 1 is 1.12 bits per heavy atom. The number of hydrogen-bond acceptors (Lipinski definition) is 1. The van der Waals surface area contributed by atoms with Gasteiger partial charge in [-0.25, -0.2) is 4.79 Å². The van der Waals surface area contributed by atoms with Crippen LogP contribution in [0.25, 0.3) is 0 Å². The highest BCUT2D eigenvalue weighted by Crippen LogP contribution is 2.57. The molecule has 4 aliphatic rings. The topological polar surface area (TPSA) is 37.3 Å². The summed E-state index contributed by atoms with van der Waals surface area (Å²) in [5, 5.41) is 9.16. The minimum Gasteiger partial charge on any atom is -0.478 e. The smallest absolute Gasteiger partial charge is 0.331 e. The van der Waals surface area contributed by atoms with E-state index in [1.807, 2.05) is 6.92 Å². The first-order valence-corrected chi connectivity index (χ1v) is 7.11. The van der Waals surface area contributed by atoms with Crippen molar-refractivity contribution < 1.29 is 9.90 Å². The predicted octanol–water partition coefficient (Wildman–Crippen LogP) is 3.48. The average Bonchev–Trinajstić information content (AvgIpc) is 2.27. The van der Waals surface area contributed by atoms with E-state index in [2.05, 4.69) is 6.08 Å². The maximum absolute atomic E-state index is 11.1.